The molecule has 26 heavy (non-hydrogen) atoms. The number of aryl methyl sites for hydroxylation is 1. The van der Waals surface area contributed by atoms with Crippen LogP contribution in [0.25, 0.3) is 11.3 Å². The van der Waals surface area contributed by atoms with Crippen LogP contribution < -0.4 is 15.8 Å². The fraction of sp³-hybridized carbons (Fsp3) is 0.118. The van der Waals surface area contributed by atoms with Gasteiger partial charge in [0, 0.05) is 10.9 Å². The van der Waals surface area contributed by atoms with Gasteiger partial charge in [-0.3, -0.25) is 14.9 Å². The zero-order valence-corrected chi connectivity index (χ0v) is 14.4. The third kappa shape index (κ3) is 3.89. The Labute approximate surface area is 151 Å². The van der Waals surface area contributed by atoms with E-state index in [0.29, 0.717) is 22.1 Å². The molecule has 0 fully saturated rings. The lowest BCUT2D eigenvalue weighted by atomic mass is 10.2. The molecule has 0 atom stereocenters. The van der Waals surface area contributed by atoms with Gasteiger partial charge in [0.05, 0.1) is 5.69 Å². The number of benzene rings is 1. The average Bonchev–Trinajstić information content (AvgIpc) is 3.20. The molecule has 0 spiro atoms. The van der Waals surface area contributed by atoms with E-state index >= 15 is 0 Å². The lowest BCUT2D eigenvalue weighted by molar-refractivity contribution is -0.118. The highest BCUT2D eigenvalue weighted by Gasteiger charge is 2.16. The zero-order chi connectivity index (χ0) is 18.7. The molecule has 0 aliphatic heterocycles. The molecule has 0 saturated heterocycles. The molecule has 2 aromatic heterocycles. The number of para-hydroxylation sites is 1. The number of nitrogens with one attached hydrogen (secondary N) is 1. The average molecular weight is 375 g/mol. The maximum Gasteiger partial charge on any atom is 0.284 e. The fourth-order valence-corrected chi connectivity index (χ4v) is 2.90. The third-order valence-corrected chi connectivity index (χ3v) is 4.14. The molecule has 0 aliphatic carbocycles. The smallest absolute Gasteiger partial charge is 0.284 e. The van der Waals surface area contributed by atoms with Gasteiger partial charge >= 0.3 is 0 Å². The molecular formula is C17H14FN3O4S. The number of carbonyl (C=O) groups excluding carboxylic acids is 2. The van der Waals surface area contributed by atoms with Crippen molar-refractivity contribution in [2.45, 2.75) is 6.92 Å². The summed E-state index contributed by atoms with van der Waals surface area (Å²) in [5.74, 6) is -1.17. The van der Waals surface area contributed by atoms with Gasteiger partial charge in [-0.2, -0.15) is 0 Å². The second kappa shape index (κ2) is 7.36. The van der Waals surface area contributed by atoms with E-state index < -0.39 is 17.6 Å². The number of rotatable bonds is 6. The summed E-state index contributed by atoms with van der Waals surface area (Å²) in [6.07, 6.45) is 0. The number of thiazole rings is 1. The van der Waals surface area contributed by atoms with Crippen LogP contribution in [-0.2, 0) is 4.79 Å². The number of anilines is 1. The molecule has 0 saturated carbocycles. The van der Waals surface area contributed by atoms with Crippen LogP contribution in [0, 0.1) is 12.7 Å². The van der Waals surface area contributed by atoms with Gasteiger partial charge < -0.3 is 14.9 Å². The van der Waals surface area contributed by atoms with Gasteiger partial charge in [0.1, 0.15) is 5.76 Å². The Bertz CT molecular complexity index is 967. The van der Waals surface area contributed by atoms with E-state index in [4.69, 9.17) is 14.9 Å². The van der Waals surface area contributed by atoms with Crippen molar-refractivity contribution in [1.82, 2.24) is 4.98 Å². The zero-order valence-electron chi connectivity index (χ0n) is 13.6. The Kier molecular flexibility index (Phi) is 4.99. The van der Waals surface area contributed by atoms with Crippen LogP contribution in [0.5, 0.6) is 5.75 Å². The molecule has 2 amide bonds. The van der Waals surface area contributed by atoms with Crippen molar-refractivity contribution in [3.05, 3.63) is 53.0 Å². The summed E-state index contributed by atoms with van der Waals surface area (Å²) in [7, 11) is 0. The van der Waals surface area contributed by atoms with Crippen molar-refractivity contribution in [2.24, 2.45) is 5.73 Å². The molecule has 3 aromatic rings. The Hall–Kier alpha value is -3.20. The molecular weight excluding hydrogens is 361 g/mol. The van der Waals surface area contributed by atoms with Gasteiger partial charge in [0.15, 0.2) is 29.1 Å². The first kappa shape index (κ1) is 17.6. The van der Waals surface area contributed by atoms with Crippen LogP contribution in [0.3, 0.4) is 0 Å². The number of amides is 2. The highest BCUT2D eigenvalue weighted by Crippen LogP contribution is 2.29. The summed E-state index contributed by atoms with van der Waals surface area (Å²) in [5, 5.41) is 4.61. The van der Waals surface area contributed by atoms with Crippen molar-refractivity contribution >= 4 is 28.3 Å². The topological polar surface area (TPSA) is 107 Å². The van der Waals surface area contributed by atoms with Crippen LogP contribution in [0.4, 0.5) is 9.52 Å². The van der Waals surface area contributed by atoms with Crippen molar-refractivity contribution < 1.29 is 23.1 Å². The molecule has 3 N–H and O–H groups in total. The molecule has 3 rings (SSSR count). The van der Waals surface area contributed by atoms with Gasteiger partial charge in [-0.15, -0.1) is 11.3 Å². The van der Waals surface area contributed by atoms with E-state index in [0.717, 1.165) is 0 Å². The SMILES string of the molecule is Cc1oc(C(N)=O)cc1-c1csc(NC(=O)COc2ccccc2F)n1. The molecule has 0 bridgehead atoms. The summed E-state index contributed by atoms with van der Waals surface area (Å²) in [4.78, 5) is 27.4. The Balaban J connectivity index is 1.64. The van der Waals surface area contributed by atoms with Gasteiger partial charge in [-0.05, 0) is 25.1 Å². The third-order valence-electron chi connectivity index (χ3n) is 3.38. The van der Waals surface area contributed by atoms with E-state index in [1.165, 1.54) is 35.6 Å². The van der Waals surface area contributed by atoms with Crippen LogP contribution in [0.1, 0.15) is 16.3 Å². The van der Waals surface area contributed by atoms with Crippen molar-refractivity contribution in [1.29, 1.82) is 0 Å². The first-order valence-corrected chi connectivity index (χ1v) is 8.35. The number of hydrogen-bond donors (Lipinski definition) is 2. The van der Waals surface area contributed by atoms with E-state index in [1.54, 1.807) is 18.4 Å². The van der Waals surface area contributed by atoms with Gasteiger partial charge in [-0.1, -0.05) is 12.1 Å². The number of carbonyl (C=O) groups is 2. The number of aromatic nitrogens is 1. The highest BCUT2D eigenvalue weighted by molar-refractivity contribution is 7.14. The molecule has 2 heterocycles. The number of hydrogen-bond acceptors (Lipinski definition) is 6. The largest absolute Gasteiger partial charge is 0.481 e. The molecule has 9 heteroatoms. The lowest BCUT2D eigenvalue weighted by Crippen LogP contribution is -2.20. The Morgan fingerprint density at radius 2 is 2.15 bits per heavy atom. The number of furan rings is 1. The predicted molar refractivity (Wildman–Crippen MR) is 93.6 cm³/mol. The molecule has 7 nitrogen and oxygen atoms in total. The fourth-order valence-electron chi connectivity index (χ4n) is 2.17. The van der Waals surface area contributed by atoms with Crippen LogP contribution in [-0.4, -0.2) is 23.4 Å². The second-order valence-corrected chi connectivity index (χ2v) is 6.11. The van der Waals surface area contributed by atoms with E-state index in [1.807, 2.05) is 0 Å². The minimum atomic E-state index is -0.673. The quantitative estimate of drug-likeness (QED) is 0.689. The number of halogens is 1. The number of nitrogens with zero attached hydrogens (tertiary/aromatic N) is 1. The monoisotopic (exact) mass is 375 g/mol. The molecule has 1 aromatic carbocycles. The maximum atomic E-state index is 13.4. The molecule has 0 radical (unpaired) electrons. The van der Waals surface area contributed by atoms with Gasteiger partial charge in [0.25, 0.3) is 11.8 Å². The van der Waals surface area contributed by atoms with Crippen molar-refractivity contribution in [2.75, 3.05) is 11.9 Å². The second-order valence-electron chi connectivity index (χ2n) is 5.25. The summed E-state index contributed by atoms with van der Waals surface area (Å²) in [5.41, 5.74) is 6.33. The minimum Gasteiger partial charge on any atom is -0.481 e. The predicted octanol–water partition coefficient (Wildman–Crippen LogP) is 2.97. The molecule has 0 unspecified atom stereocenters. The number of primary amides is 1. The van der Waals surface area contributed by atoms with Crippen molar-refractivity contribution in [3.8, 4) is 17.0 Å². The molecule has 134 valence electrons. The van der Waals surface area contributed by atoms with E-state index in [2.05, 4.69) is 10.3 Å². The first-order valence-electron chi connectivity index (χ1n) is 7.47. The summed E-state index contributed by atoms with van der Waals surface area (Å²) in [6, 6.07) is 7.31. The van der Waals surface area contributed by atoms with Crippen LogP contribution in [0.15, 0.2) is 40.1 Å². The number of nitrogens with two attached hydrogens (primary N) is 1. The van der Waals surface area contributed by atoms with E-state index in [9.17, 15) is 14.0 Å². The van der Waals surface area contributed by atoms with Crippen LogP contribution >= 0.6 is 11.3 Å². The number of ether oxygens (including phenoxy) is 1. The van der Waals surface area contributed by atoms with Crippen molar-refractivity contribution in [3.63, 3.8) is 0 Å². The lowest BCUT2D eigenvalue weighted by Gasteiger charge is -2.06. The standard InChI is InChI=1S/C17H14FN3O4S/c1-9-10(6-14(25-9)16(19)23)12-8-26-17(20-12)21-15(22)7-24-13-5-3-2-4-11(13)18/h2-6,8H,7H2,1H3,(H2,19,23)(H,20,21,22). The van der Waals surface area contributed by atoms with Gasteiger partial charge in [-0.25, -0.2) is 9.37 Å². The van der Waals surface area contributed by atoms with E-state index in [-0.39, 0.29) is 18.1 Å². The summed E-state index contributed by atoms with van der Waals surface area (Å²) in [6.45, 7) is 1.33. The highest BCUT2D eigenvalue weighted by atomic mass is 32.1. The maximum absolute atomic E-state index is 13.4. The minimum absolute atomic E-state index is 0.00418. The Morgan fingerprint density at radius 1 is 1.38 bits per heavy atom. The van der Waals surface area contributed by atoms with Crippen LogP contribution in [0.2, 0.25) is 0 Å². The van der Waals surface area contributed by atoms with Gasteiger partial charge in [0.2, 0.25) is 0 Å². The Morgan fingerprint density at radius 3 is 2.85 bits per heavy atom. The molecule has 0 aliphatic rings. The normalized spacial score (nSPS) is 10.5. The first-order chi connectivity index (χ1) is 12.4. The summed E-state index contributed by atoms with van der Waals surface area (Å²) < 4.78 is 23.8. The summed E-state index contributed by atoms with van der Waals surface area (Å²) >= 11 is 1.19.